The zero-order valence-corrected chi connectivity index (χ0v) is 26.3. The maximum atomic E-state index is 13.7. The van der Waals surface area contributed by atoms with Crippen molar-refractivity contribution in [1.29, 1.82) is 0 Å². The van der Waals surface area contributed by atoms with Crippen LogP contribution in [-0.4, -0.2) is 101 Å². The van der Waals surface area contributed by atoms with Crippen LogP contribution in [0.15, 0.2) is 30.3 Å². The van der Waals surface area contributed by atoms with E-state index in [2.05, 4.69) is 11.8 Å². The van der Waals surface area contributed by atoms with E-state index in [-0.39, 0.29) is 76.7 Å². The highest BCUT2D eigenvalue weighted by Gasteiger charge is 2.88. The van der Waals surface area contributed by atoms with Crippen LogP contribution in [-0.2, 0) is 33.2 Å². The van der Waals surface area contributed by atoms with Crippen molar-refractivity contribution in [3.8, 4) is 0 Å². The van der Waals surface area contributed by atoms with E-state index >= 15 is 0 Å². The molecule has 43 heavy (non-hydrogen) atoms. The van der Waals surface area contributed by atoms with Gasteiger partial charge in [0.15, 0.2) is 0 Å². The van der Waals surface area contributed by atoms with Crippen LogP contribution < -0.4 is 0 Å². The molecule has 1 aromatic rings. The van der Waals surface area contributed by atoms with Crippen molar-refractivity contribution in [2.45, 2.75) is 75.6 Å². The summed E-state index contributed by atoms with van der Waals surface area (Å²) < 4.78 is 38.7. The summed E-state index contributed by atoms with van der Waals surface area (Å²) in [4.78, 5) is 29.5. The summed E-state index contributed by atoms with van der Waals surface area (Å²) in [5.41, 5.74) is -0.816. The maximum absolute atomic E-state index is 13.7. The molecule has 9 nitrogen and oxygen atoms in total. The first-order chi connectivity index (χ1) is 20.8. The first kappa shape index (κ1) is 29.7. The Morgan fingerprint density at radius 2 is 1.77 bits per heavy atom. The van der Waals surface area contributed by atoms with Crippen LogP contribution >= 0.6 is 0 Å². The molecule has 236 valence electrons. The number of fused-ring (bicyclic) bond motifs is 2. The Labute approximate surface area is 254 Å². The van der Waals surface area contributed by atoms with Crippen molar-refractivity contribution in [3.05, 3.63) is 35.9 Å². The number of esters is 2. The highest BCUT2D eigenvalue weighted by molar-refractivity contribution is 5.89. The number of ether oxygens (including phenoxy) is 6. The smallest absolute Gasteiger partial charge is 0.338 e. The van der Waals surface area contributed by atoms with Crippen molar-refractivity contribution in [2.75, 3.05) is 48.1 Å². The first-order valence-electron chi connectivity index (χ1n) is 16.0. The predicted molar refractivity (Wildman–Crippen MR) is 156 cm³/mol. The molecular weight excluding hydrogens is 550 g/mol. The molecule has 1 saturated heterocycles. The second-order valence-corrected chi connectivity index (χ2v) is 14.1. The topological polar surface area (TPSA) is 92.8 Å². The molecule has 1 heterocycles. The van der Waals surface area contributed by atoms with E-state index in [9.17, 15) is 9.59 Å². The SMILES string of the molecule is CCN1C[C@]2(COC)CC[C@H](OC)[C@@]34[C@@H]5C[C@@H]6[C@H](OC(=O)c7ccccc7)[C@@H]5[C@](OC(C)=O)(C[C@@H]6OC)[C@@H]([C@H](OC)[C@H]23)[C@@H]14. The molecule has 9 heteroatoms. The Balaban J connectivity index is 1.46. The summed E-state index contributed by atoms with van der Waals surface area (Å²) in [5.74, 6) is -0.797. The monoisotopic (exact) mass is 597 g/mol. The van der Waals surface area contributed by atoms with Crippen LogP contribution in [0.1, 0.15) is 49.9 Å². The predicted octanol–water partition coefficient (Wildman–Crippen LogP) is 3.59. The van der Waals surface area contributed by atoms with Crippen LogP contribution in [0, 0.1) is 40.4 Å². The average molecular weight is 598 g/mol. The third kappa shape index (κ3) is 3.69. The van der Waals surface area contributed by atoms with E-state index in [1.807, 2.05) is 32.4 Å². The minimum Gasteiger partial charge on any atom is -0.458 e. The molecular formula is C34H47NO8. The van der Waals surface area contributed by atoms with Gasteiger partial charge in [-0.05, 0) is 43.9 Å². The number of carbonyl (C=O) groups is 2. The highest BCUT2D eigenvalue weighted by Crippen LogP contribution is 2.80. The fraction of sp³-hybridized carbons (Fsp3) is 0.765. The fourth-order valence-electron chi connectivity index (χ4n) is 12.3. The Morgan fingerprint density at radius 3 is 2.40 bits per heavy atom. The Morgan fingerprint density at radius 1 is 1.00 bits per heavy atom. The van der Waals surface area contributed by atoms with Gasteiger partial charge in [0.25, 0.3) is 0 Å². The van der Waals surface area contributed by atoms with E-state index in [0.717, 1.165) is 32.4 Å². The Hall–Kier alpha value is -2.04. The molecule has 1 aromatic carbocycles. The number of carbonyl (C=O) groups excluding carboxylic acids is 2. The summed E-state index contributed by atoms with van der Waals surface area (Å²) in [7, 11) is 7.20. The number of benzene rings is 1. The molecule has 5 saturated carbocycles. The lowest BCUT2D eigenvalue weighted by molar-refractivity contribution is -0.280. The van der Waals surface area contributed by atoms with Gasteiger partial charge in [0.05, 0.1) is 30.5 Å². The van der Waals surface area contributed by atoms with Gasteiger partial charge >= 0.3 is 11.9 Å². The van der Waals surface area contributed by atoms with Gasteiger partial charge < -0.3 is 28.4 Å². The van der Waals surface area contributed by atoms with Gasteiger partial charge in [0.1, 0.15) is 11.7 Å². The quantitative estimate of drug-likeness (QED) is 0.396. The normalized spacial score (nSPS) is 47.3. The maximum Gasteiger partial charge on any atom is 0.338 e. The molecule has 7 bridgehead atoms. The summed E-state index contributed by atoms with van der Waals surface area (Å²) in [6.45, 7) is 6.16. The van der Waals surface area contributed by atoms with Gasteiger partial charge in [-0.3, -0.25) is 9.69 Å². The largest absolute Gasteiger partial charge is 0.458 e. The van der Waals surface area contributed by atoms with Gasteiger partial charge in [-0.25, -0.2) is 4.79 Å². The van der Waals surface area contributed by atoms with Gasteiger partial charge in [-0.2, -0.15) is 0 Å². The van der Waals surface area contributed by atoms with E-state index in [1.165, 1.54) is 6.92 Å². The average Bonchev–Trinajstić information content (AvgIpc) is 3.43. The lowest BCUT2D eigenvalue weighted by atomic mass is 9.43. The van der Waals surface area contributed by atoms with E-state index in [4.69, 9.17) is 28.4 Å². The molecule has 6 aliphatic rings. The van der Waals surface area contributed by atoms with Crippen LogP contribution in [0.4, 0.5) is 0 Å². The number of rotatable bonds is 9. The van der Waals surface area contributed by atoms with Crippen LogP contribution in [0.3, 0.4) is 0 Å². The third-order valence-electron chi connectivity index (χ3n) is 12.9. The third-order valence-corrected chi connectivity index (χ3v) is 12.9. The second-order valence-electron chi connectivity index (χ2n) is 14.1. The van der Waals surface area contributed by atoms with Crippen molar-refractivity contribution < 1.29 is 38.0 Å². The summed E-state index contributed by atoms with van der Waals surface area (Å²) in [6, 6.07) is 9.26. The Bertz CT molecular complexity index is 1240. The standard InChI is InChI=1S/C34H47NO8/c1-7-35-17-32(18-38-3)14-13-24(40-5)34-22-15-21-23(39-4)16-33(43-19(2)36,26(30(34)35)28(41-6)29(32)34)25(22)27(21)42-31(37)20-11-9-8-10-12-20/h8-12,21-30H,7,13-18H2,1-6H3/t21-,22+,23-,24-,25+,26-,27-,28-,29+,30+,32-,33+,34-/m0/s1. The van der Waals surface area contributed by atoms with E-state index < -0.39 is 11.7 Å². The summed E-state index contributed by atoms with van der Waals surface area (Å²) >= 11 is 0. The number of hydrogen-bond donors (Lipinski definition) is 0. The number of hydrogen-bond acceptors (Lipinski definition) is 9. The zero-order valence-electron chi connectivity index (χ0n) is 26.3. The van der Waals surface area contributed by atoms with Gasteiger partial charge in [0, 0.05) is 88.9 Å². The van der Waals surface area contributed by atoms with Crippen molar-refractivity contribution in [2.24, 2.45) is 40.4 Å². The van der Waals surface area contributed by atoms with Gasteiger partial charge in [-0.1, -0.05) is 25.1 Å². The van der Waals surface area contributed by atoms with Crippen LogP contribution in [0.25, 0.3) is 0 Å². The van der Waals surface area contributed by atoms with Crippen molar-refractivity contribution in [3.63, 3.8) is 0 Å². The van der Waals surface area contributed by atoms with Crippen LogP contribution in [0.2, 0.25) is 0 Å². The molecule has 13 atom stereocenters. The molecule has 0 amide bonds. The molecule has 0 radical (unpaired) electrons. The molecule has 1 aliphatic heterocycles. The van der Waals surface area contributed by atoms with Gasteiger partial charge in [-0.15, -0.1) is 0 Å². The zero-order chi connectivity index (χ0) is 30.3. The lowest BCUT2D eigenvalue weighted by Gasteiger charge is -2.69. The second kappa shape index (κ2) is 10.5. The molecule has 0 aromatic heterocycles. The fourth-order valence-corrected chi connectivity index (χ4v) is 12.3. The highest BCUT2D eigenvalue weighted by atomic mass is 16.6. The van der Waals surface area contributed by atoms with E-state index in [1.54, 1.807) is 26.4 Å². The number of methoxy groups -OCH3 is 4. The molecule has 0 unspecified atom stereocenters. The van der Waals surface area contributed by atoms with Crippen LogP contribution in [0.5, 0.6) is 0 Å². The number of likely N-dealkylation sites (tertiary alicyclic amines) is 1. The minimum atomic E-state index is -0.922. The van der Waals surface area contributed by atoms with Crippen molar-refractivity contribution >= 4 is 11.9 Å². The first-order valence-corrected chi connectivity index (χ1v) is 16.0. The lowest BCUT2D eigenvalue weighted by Crippen LogP contribution is -2.77. The summed E-state index contributed by atoms with van der Waals surface area (Å²) in [6.07, 6.45) is 2.42. The minimum absolute atomic E-state index is 0.00405. The summed E-state index contributed by atoms with van der Waals surface area (Å²) in [5, 5.41) is 0. The molecule has 0 N–H and O–H groups in total. The number of piperidine rings is 1. The Kier molecular flexibility index (Phi) is 7.25. The number of nitrogens with zero attached hydrogens (tertiary/aromatic N) is 1. The van der Waals surface area contributed by atoms with Crippen molar-refractivity contribution in [1.82, 2.24) is 4.90 Å². The van der Waals surface area contributed by atoms with Gasteiger partial charge in [0.2, 0.25) is 0 Å². The molecule has 7 rings (SSSR count). The molecule has 5 aliphatic carbocycles. The molecule has 1 spiro atoms. The van der Waals surface area contributed by atoms with E-state index in [0.29, 0.717) is 18.6 Å². The molecule has 6 fully saturated rings.